The van der Waals surface area contributed by atoms with Crippen LogP contribution in [-0.2, 0) is 16.1 Å². The highest BCUT2D eigenvalue weighted by Crippen LogP contribution is 2.28. The smallest absolute Gasteiger partial charge is 0.322 e. The van der Waals surface area contributed by atoms with Crippen LogP contribution in [0.4, 0.5) is 0 Å². The van der Waals surface area contributed by atoms with Crippen LogP contribution in [0.3, 0.4) is 0 Å². The highest BCUT2D eigenvalue weighted by atomic mass is 16.5. The van der Waals surface area contributed by atoms with E-state index in [0.717, 1.165) is 47.8 Å². The lowest BCUT2D eigenvalue weighted by atomic mass is 10.1. The van der Waals surface area contributed by atoms with E-state index in [2.05, 4.69) is 10.6 Å². The number of benzene rings is 2. The van der Waals surface area contributed by atoms with Crippen LogP contribution in [0.25, 0.3) is 0 Å². The van der Waals surface area contributed by atoms with Crippen molar-refractivity contribution < 1.29 is 19.4 Å². The van der Waals surface area contributed by atoms with Crippen LogP contribution in [0.15, 0.2) is 66.1 Å². The normalized spacial score (nSPS) is 21.5. The SMILES string of the molecule is CC1=C(CCOc2ccc(CN3CCNCC3C(=O)O)cc2)NC(c2ccccc2)O1. The number of nitrogens with one attached hydrogen (secondary N) is 2. The number of hydrogen-bond donors (Lipinski definition) is 3. The summed E-state index contributed by atoms with van der Waals surface area (Å²) < 4.78 is 11.9. The summed E-state index contributed by atoms with van der Waals surface area (Å²) in [5.74, 6) is 0.920. The van der Waals surface area contributed by atoms with Crippen molar-refractivity contribution in [1.29, 1.82) is 0 Å². The molecule has 2 unspecified atom stereocenters. The zero-order valence-corrected chi connectivity index (χ0v) is 17.7. The average molecular weight is 424 g/mol. The van der Waals surface area contributed by atoms with Crippen LogP contribution in [-0.4, -0.2) is 48.3 Å². The Morgan fingerprint density at radius 2 is 1.97 bits per heavy atom. The lowest BCUT2D eigenvalue weighted by Gasteiger charge is -2.33. The molecule has 164 valence electrons. The number of aliphatic carboxylic acids is 1. The Balaban J connectivity index is 1.25. The van der Waals surface area contributed by atoms with Gasteiger partial charge in [-0.15, -0.1) is 0 Å². The van der Waals surface area contributed by atoms with Gasteiger partial charge >= 0.3 is 5.97 Å². The molecule has 1 fully saturated rings. The van der Waals surface area contributed by atoms with Crippen LogP contribution < -0.4 is 15.4 Å². The van der Waals surface area contributed by atoms with E-state index in [4.69, 9.17) is 9.47 Å². The quantitative estimate of drug-likeness (QED) is 0.602. The number of carboxylic acid groups (broad SMARTS) is 1. The zero-order valence-electron chi connectivity index (χ0n) is 17.7. The molecule has 3 N–H and O–H groups in total. The molecule has 2 aromatic rings. The van der Waals surface area contributed by atoms with E-state index in [1.807, 2.05) is 66.4 Å². The summed E-state index contributed by atoms with van der Waals surface area (Å²) in [6, 6.07) is 17.5. The van der Waals surface area contributed by atoms with Gasteiger partial charge in [-0.2, -0.15) is 0 Å². The number of ether oxygens (including phenoxy) is 2. The van der Waals surface area contributed by atoms with Crippen molar-refractivity contribution in [1.82, 2.24) is 15.5 Å². The fourth-order valence-electron chi connectivity index (χ4n) is 3.94. The van der Waals surface area contributed by atoms with E-state index in [9.17, 15) is 9.90 Å². The van der Waals surface area contributed by atoms with Crippen molar-refractivity contribution in [2.45, 2.75) is 32.2 Å². The molecule has 0 bridgehead atoms. The van der Waals surface area contributed by atoms with Gasteiger partial charge < -0.3 is 25.2 Å². The van der Waals surface area contributed by atoms with Gasteiger partial charge in [0.15, 0.2) is 6.23 Å². The van der Waals surface area contributed by atoms with E-state index >= 15 is 0 Å². The summed E-state index contributed by atoms with van der Waals surface area (Å²) in [5, 5.41) is 16.0. The summed E-state index contributed by atoms with van der Waals surface area (Å²) in [6.45, 7) is 5.15. The number of rotatable bonds is 8. The highest BCUT2D eigenvalue weighted by molar-refractivity contribution is 5.74. The molecule has 0 aromatic heterocycles. The highest BCUT2D eigenvalue weighted by Gasteiger charge is 2.28. The molecule has 4 rings (SSSR count). The van der Waals surface area contributed by atoms with Crippen LogP contribution in [0.1, 0.15) is 30.7 Å². The monoisotopic (exact) mass is 423 g/mol. The number of carbonyl (C=O) groups is 1. The van der Waals surface area contributed by atoms with Crippen LogP contribution >= 0.6 is 0 Å². The molecule has 0 saturated carbocycles. The lowest BCUT2D eigenvalue weighted by Crippen LogP contribution is -2.54. The van der Waals surface area contributed by atoms with Gasteiger partial charge in [0.2, 0.25) is 0 Å². The second-order valence-electron chi connectivity index (χ2n) is 7.86. The van der Waals surface area contributed by atoms with Gasteiger partial charge in [0.25, 0.3) is 0 Å². The Morgan fingerprint density at radius 3 is 2.71 bits per heavy atom. The third-order valence-electron chi connectivity index (χ3n) is 5.70. The van der Waals surface area contributed by atoms with Gasteiger partial charge in [-0.3, -0.25) is 9.69 Å². The van der Waals surface area contributed by atoms with E-state index in [1.165, 1.54) is 0 Å². The van der Waals surface area contributed by atoms with Crippen LogP contribution in [0, 0.1) is 0 Å². The van der Waals surface area contributed by atoms with Crippen molar-refractivity contribution in [3.05, 3.63) is 77.2 Å². The molecule has 0 aliphatic carbocycles. The van der Waals surface area contributed by atoms with E-state index in [-0.39, 0.29) is 6.23 Å². The molecule has 7 nitrogen and oxygen atoms in total. The first-order chi connectivity index (χ1) is 15.1. The minimum atomic E-state index is -0.782. The Labute approximate surface area is 182 Å². The zero-order chi connectivity index (χ0) is 21.6. The molecule has 2 heterocycles. The van der Waals surface area contributed by atoms with E-state index in [0.29, 0.717) is 19.7 Å². The largest absolute Gasteiger partial charge is 0.493 e. The Morgan fingerprint density at radius 1 is 1.19 bits per heavy atom. The minimum Gasteiger partial charge on any atom is -0.493 e. The van der Waals surface area contributed by atoms with Crippen molar-refractivity contribution in [2.24, 2.45) is 0 Å². The second kappa shape index (κ2) is 9.85. The molecular weight excluding hydrogens is 394 g/mol. The van der Waals surface area contributed by atoms with Crippen LogP contribution in [0.2, 0.25) is 0 Å². The molecule has 31 heavy (non-hydrogen) atoms. The van der Waals surface area contributed by atoms with Crippen molar-refractivity contribution in [3.63, 3.8) is 0 Å². The maximum atomic E-state index is 11.4. The van der Waals surface area contributed by atoms with Gasteiger partial charge in [-0.05, 0) is 24.6 Å². The topological polar surface area (TPSA) is 83.1 Å². The fourth-order valence-corrected chi connectivity index (χ4v) is 3.94. The fraction of sp³-hybridized carbons (Fsp3) is 0.375. The molecule has 2 aliphatic heterocycles. The number of piperazine rings is 1. The molecule has 1 saturated heterocycles. The molecule has 7 heteroatoms. The number of allylic oxidation sites excluding steroid dienone is 1. The van der Waals surface area contributed by atoms with Crippen molar-refractivity contribution in [3.8, 4) is 5.75 Å². The second-order valence-corrected chi connectivity index (χ2v) is 7.86. The summed E-state index contributed by atoms with van der Waals surface area (Å²) in [5.41, 5.74) is 3.24. The summed E-state index contributed by atoms with van der Waals surface area (Å²) >= 11 is 0. The third kappa shape index (κ3) is 5.37. The molecule has 0 spiro atoms. The van der Waals surface area contributed by atoms with Crippen molar-refractivity contribution in [2.75, 3.05) is 26.2 Å². The minimum absolute atomic E-state index is 0.143. The van der Waals surface area contributed by atoms with Gasteiger partial charge in [0.1, 0.15) is 17.6 Å². The number of carboxylic acids is 1. The average Bonchev–Trinajstić information content (AvgIpc) is 3.16. The molecule has 0 amide bonds. The predicted molar refractivity (Wildman–Crippen MR) is 117 cm³/mol. The van der Waals surface area contributed by atoms with Gasteiger partial charge in [-0.25, -0.2) is 0 Å². The Kier molecular flexibility index (Phi) is 6.74. The van der Waals surface area contributed by atoms with E-state index in [1.54, 1.807) is 0 Å². The maximum Gasteiger partial charge on any atom is 0.322 e. The van der Waals surface area contributed by atoms with Crippen molar-refractivity contribution >= 4 is 5.97 Å². The summed E-state index contributed by atoms with van der Waals surface area (Å²) in [4.78, 5) is 13.4. The molecular formula is C24H29N3O4. The van der Waals surface area contributed by atoms with E-state index < -0.39 is 12.0 Å². The first kappa shape index (κ1) is 21.2. The standard InChI is InChI=1S/C24H29N3O4/c1-17-21(26-23(31-17)19-5-3-2-4-6-19)11-14-30-20-9-7-18(8-10-20)16-27-13-12-25-15-22(27)24(28)29/h2-10,22-23,25-26H,11-16H2,1H3,(H,28,29). The maximum absolute atomic E-state index is 11.4. The third-order valence-corrected chi connectivity index (χ3v) is 5.70. The first-order valence-corrected chi connectivity index (χ1v) is 10.7. The molecule has 0 radical (unpaired) electrons. The van der Waals surface area contributed by atoms with Gasteiger partial charge in [-0.1, -0.05) is 42.5 Å². The Bertz CT molecular complexity index is 914. The number of hydrogen-bond acceptors (Lipinski definition) is 6. The Hall–Kier alpha value is -3.03. The van der Waals surface area contributed by atoms with Gasteiger partial charge in [0.05, 0.1) is 12.3 Å². The van der Waals surface area contributed by atoms with Gasteiger partial charge in [0, 0.05) is 38.2 Å². The molecule has 2 aliphatic rings. The summed E-state index contributed by atoms with van der Waals surface area (Å²) in [6.07, 6.45) is 0.591. The predicted octanol–water partition coefficient (Wildman–Crippen LogP) is 2.86. The summed E-state index contributed by atoms with van der Waals surface area (Å²) in [7, 11) is 0. The lowest BCUT2D eigenvalue weighted by molar-refractivity contribution is -0.144. The first-order valence-electron chi connectivity index (χ1n) is 10.7. The number of nitrogens with zero attached hydrogens (tertiary/aromatic N) is 1. The molecule has 2 atom stereocenters. The molecule has 2 aromatic carbocycles. The van der Waals surface area contributed by atoms with Crippen LogP contribution in [0.5, 0.6) is 5.75 Å².